The van der Waals surface area contributed by atoms with Crippen LogP contribution in [0.4, 0.5) is 0 Å². The molecule has 0 aliphatic carbocycles. The first-order chi connectivity index (χ1) is 7.33. The molecule has 1 aliphatic heterocycles. The fourth-order valence-electron chi connectivity index (χ4n) is 2.75. The Bertz CT molecular complexity index is 211. The molecule has 0 aromatic heterocycles. The van der Waals surface area contributed by atoms with E-state index in [1.54, 1.807) is 0 Å². The molecule has 1 aliphatic rings. The molecule has 1 rings (SSSR count). The van der Waals surface area contributed by atoms with E-state index in [-0.39, 0.29) is 0 Å². The smallest absolute Gasteiger partial charge is 0.0322 e. The van der Waals surface area contributed by atoms with Crippen molar-refractivity contribution in [2.75, 3.05) is 33.7 Å². The summed E-state index contributed by atoms with van der Waals surface area (Å²) >= 11 is 0. The highest BCUT2D eigenvalue weighted by molar-refractivity contribution is 4.91. The second-order valence-corrected chi connectivity index (χ2v) is 6.22. The molecule has 1 atom stereocenters. The third-order valence-corrected chi connectivity index (χ3v) is 3.57. The van der Waals surface area contributed by atoms with E-state index < -0.39 is 0 Å². The van der Waals surface area contributed by atoms with E-state index in [0.717, 1.165) is 19.6 Å². The van der Waals surface area contributed by atoms with Gasteiger partial charge in [-0.15, -0.1) is 0 Å². The quantitative estimate of drug-likeness (QED) is 0.786. The summed E-state index contributed by atoms with van der Waals surface area (Å²) in [6, 6.07) is 1.22. The van der Waals surface area contributed by atoms with Gasteiger partial charge in [-0.05, 0) is 54.8 Å². The summed E-state index contributed by atoms with van der Waals surface area (Å²) in [7, 11) is 4.30. The molecule has 16 heavy (non-hydrogen) atoms. The van der Waals surface area contributed by atoms with Crippen molar-refractivity contribution in [1.29, 1.82) is 0 Å². The van der Waals surface area contributed by atoms with Crippen molar-refractivity contribution in [1.82, 2.24) is 15.1 Å². The summed E-state index contributed by atoms with van der Waals surface area (Å²) in [5.41, 5.74) is 0.322. The topological polar surface area (TPSA) is 18.5 Å². The van der Waals surface area contributed by atoms with Gasteiger partial charge in [-0.25, -0.2) is 0 Å². The maximum absolute atomic E-state index is 3.67. The van der Waals surface area contributed by atoms with E-state index in [0.29, 0.717) is 17.6 Å². The lowest BCUT2D eigenvalue weighted by Gasteiger charge is -2.41. The summed E-state index contributed by atoms with van der Waals surface area (Å²) in [4.78, 5) is 4.91. The van der Waals surface area contributed by atoms with E-state index in [2.05, 4.69) is 56.9 Å². The van der Waals surface area contributed by atoms with E-state index in [4.69, 9.17) is 0 Å². The molecule has 0 amide bonds. The Balaban J connectivity index is 2.69. The summed E-state index contributed by atoms with van der Waals surface area (Å²) < 4.78 is 0. The molecular formula is C13H29N3. The molecule has 3 heteroatoms. The first kappa shape index (κ1) is 13.9. The van der Waals surface area contributed by atoms with Gasteiger partial charge in [-0.1, -0.05) is 0 Å². The maximum atomic E-state index is 3.67. The lowest BCUT2D eigenvalue weighted by Crippen LogP contribution is -2.51. The molecule has 3 nitrogen and oxygen atoms in total. The van der Waals surface area contributed by atoms with Crippen molar-refractivity contribution in [3.05, 3.63) is 0 Å². The van der Waals surface area contributed by atoms with E-state index >= 15 is 0 Å². The first-order valence-corrected chi connectivity index (χ1v) is 6.48. The zero-order chi connectivity index (χ0) is 12.3. The van der Waals surface area contributed by atoms with Gasteiger partial charge in [0.15, 0.2) is 0 Å². The minimum absolute atomic E-state index is 0.322. The molecule has 1 unspecified atom stereocenters. The van der Waals surface area contributed by atoms with Crippen LogP contribution < -0.4 is 5.32 Å². The monoisotopic (exact) mass is 227 g/mol. The van der Waals surface area contributed by atoms with Crippen LogP contribution in [0.25, 0.3) is 0 Å². The summed E-state index contributed by atoms with van der Waals surface area (Å²) in [6.07, 6.45) is 1.23. The minimum atomic E-state index is 0.322. The molecule has 0 aromatic carbocycles. The molecule has 1 N–H and O–H groups in total. The van der Waals surface area contributed by atoms with Crippen LogP contribution >= 0.6 is 0 Å². The second kappa shape index (κ2) is 5.48. The highest BCUT2D eigenvalue weighted by Crippen LogP contribution is 2.23. The zero-order valence-corrected chi connectivity index (χ0v) is 11.9. The molecule has 0 saturated carbocycles. The average molecular weight is 227 g/mol. The first-order valence-electron chi connectivity index (χ1n) is 6.48. The third kappa shape index (κ3) is 3.72. The van der Waals surface area contributed by atoms with Gasteiger partial charge < -0.3 is 10.2 Å². The summed E-state index contributed by atoms with van der Waals surface area (Å²) in [5.74, 6) is 0. The second-order valence-electron chi connectivity index (χ2n) is 6.22. The standard InChI is InChI=1S/C13H29N3/c1-11(2)16-10-12(9-15(5)6)14-8-7-13(16,3)4/h11-12,14H,7-10H2,1-6H3. The molecule has 96 valence electrons. The average Bonchev–Trinajstić information content (AvgIpc) is 2.23. The van der Waals surface area contributed by atoms with Gasteiger partial charge in [-0.3, -0.25) is 4.90 Å². The Kier molecular flexibility index (Phi) is 4.77. The van der Waals surface area contributed by atoms with E-state index in [1.165, 1.54) is 6.42 Å². The summed E-state index contributed by atoms with van der Waals surface area (Å²) in [5, 5.41) is 3.67. The molecule has 1 heterocycles. The Morgan fingerprint density at radius 3 is 2.50 bits per heavy atom. The number of hydrogen-bond acceptors (Lipinski definition) is 3. The lowest BCUT2D eigenvalue weighted by molar-refractivity contribution is 0.0811. The molecule has 1 saturated heterocycles. The van der Waals surface area contributed by atoms with Gasteiger partial charge >= 0.3 is 0 Å². The van der Waals surface area contributed by atoms with Crippen LogP contribution in [0, 0.1) is 0 Å². The fourth-order valence-corrected chi connectivity index (χ4v) is 2.75. The van der Waals surface area contributed by atoms with Gasteiger partial charge in [0.1, 0.15) is 0 Å². The van der Waals surface area contributed by atoms with Crippen molar-refractivity contribution in [3.8, 4) is 0 Å². The van der Waals surface area contributed by atoms with Crippen LogP contribution in [0.2, 0.25) is 0 Å². The molecule has 0 spiro atoms. The van der Waals surface area contributed by atoms with Gasteiger partial charge in [0.05, 0.1) is 0 Å². The van der Waals surface area contributed by atoms with Crippen LogP contribution in [-0.2, 0) is 0 Å². The van der Waals surface area contributed by atoms with Crippen molar-refractivity contribution >= 4 is 0 Å². The maximum Gasteiger partial charge on any atom is 0.0322 e. The third-order valence-electron chi connectivity index (χ3n) is 3.57. The predicted octanol–water partition coefficient (Wildman–Crippen LogP) is 1.40. The number of nitrogens with one attached hydrogen (secondary N) is 1. The van der Waals surface area contributed by atoms with Crippen LogP contribution in [-0.4, -0.2) is 61.2 Å². The molecular weight excluding hydrogens is 198 g/mol. The Morgan fingerprint density at radius 1 is 1.38 bits per heavy atom. The van der Waals surface area contributed by atoms with Gasteiger partial charge in [0.2, 0.25) is 0 Å². The number of nitrogens with zero attached hydrogens (tertiary/aromatic N) is 2. The number of likely N-dealkylation sites (N-methyl/N-ethyl adjacent to an activating group) is 1. The molecule has 0 aromatic rings. The van der Waals surface area contributed by atoms with Crippen LogP contribution in [0.5, 0.6) is 0 Å². The number of rotatable bonds is 3. The Labute approximate surface area is 101 Å². The van der Waals surface area contributed by atoms with Crippen molar-refractivity contribution < 1.29 is 0 Å². The van der Waals surface area contributed by atoms with E-state index in [9.17, 15) is 0 Å². The zero-order valence-electron chi connectivity index (χ0n) is 11.9. The highest BCUT2D eigenvalue weighted by atomic mass is 15.3. The Hall–Kier alpha value is -0.120. The molecule has 0 bridgehead atoms. The van der Waals surface area contributed by atoms with E-state index in [1.807, 2.05) is 0 Å². The largest absolute Gasteiger partial charge is 0.311 e. The SMILES string of the molecule is CC(C)N1CC(CN(C)C)NCCC1(C)C. The summed E-state index contributed by atoms with van der Waals surface area (Å²) in [6.45, 7) is 12.8. The lowest BCUT2D eigenvalue weighted by atomic mass is 9.97. The van der Waals surface area contributed by atoms with Crippen LogP contribution in [0.15, 0.2) is 0 Å². The van der Waals surface area contributed by atoms with Crippen LogP contribution in [0.3, 0.4) is 0 Å². The molecule has 1 fully saturated rings. The fraction of sp³-hybridized carbons (Fsp3) is 1.00. The molecule has 0 radical (unpaired) electrons. The van der Waals surface area contributed by atoms with Crippen molar-refractivity contribution in [3.63, 3.8) is 0 Å². The predicted molar refractivity (Wildman–Crippen MR) is 70.9 cm³/mol. The van der Waals surface area contributed by atoms with Crippen LogP contribution in [0.1, 0.15) is 34.1 Å². The Morgan fingerprint density at radius 2 is 2.00 bits per heavy atom. The van der Waals surface area contributed by atoms with Crippen molar-refractivity contribution in [2.45, 2.75) is 51.7 Å². The van der Waals surface area contributed by atoms with Crippen molar-refractivity contribution in [2.24, 2.45) is 0 Å². The number of hydrogen-bond donors (Lipinski definition) is 1. The van der Waals surface area contributed by atoms with Gasteiger partial charge in [-0.2, -0.15) is 0 Å². The van der Waals surface area contributed by atoms with Gasteiger partial charge in [0, 0.05) is 30.7 Å². The van der Waals surface area contributed by atoms with Gasteiger partial charge in [0.25, 0.3) is 0 Å². The minimum Gasteiger partial charge on any atom is -0.311 e. The highest BCUT2D eigenvalue weighted by Gasteiger charge is 2.33. The normalized spacial score (nSPS) is 27.4.